The average Bonchev–Trinajstić information content (AvgIpc) is 2.98. The lowest BCUT2D eigenvalue weighted by Gasteiger charge is -2.37. The number of rotatable bonds is 2. The second-order valence-corrected chi connectivity index (χ2v) is 8.75. The van der Waals surface area contributed by atoms with E-state index >= 15 is 0 Å². The molecule has 3 amide bonds. The van der Waals surface area contributed by atoms with E-state index in [2.05, 4.69) is 15.2 Å². The number of urea groups is 1. The van der Waals surface area contributed by atoms with Gasteiger partial charge in [-0.3, -0.25) is 4.79 Å². The summed E-state index contributed by atoms with van der Waals surface area (Å²) in [6, 6.07) is 7.47. The SMILES string of the molecule is CC(=O)N1CCCC[C@H](NC(=O)N2CCN(c3cc(N)nc4cc(Cl)ccc34)CC2)C1. The van der Waals surface area contributed by atoms with E-state index in [-0.39, 0.29) is 18.0 Å². The highest BCUT2D eigenvalue weighted by molar-refractivity contribution is 6.31. The Morgan fingerprint density at radius 1 is 1.10 bits per heavy atom. The number of amides is 3. The number of aromatic nitrogens is 1. The molecule has 8 nitrogen and oxygen atoms in total. The molecule has 1 aromatic heterocycles. The molecule has 2 fully saturated rings. The molecule has 31 heavy (non-hydrogen) atoms. The summed E-state index contributed by atoms with van der Waals surface area (Å²) in [5.74, 6) is 0.522. The number of carbonyl (C=O) groups is 2. The first kappa shape index (κ1) is 21.5. The molecule has 2 aromatic rings. The highest BCUT2D eigenvalue weighted by atomic mass is 35.5. The highest BCUT2D eigenvalue weighted by Crippen LogP contribution is 2.30. The number of anilines is 2. The third kappa shape index (κ3) is 4.95. The molecule has 2 aliphatic heterocycles. The van der Waals surface area contributed by atoms with Gasteiger partial charge in [-0.15, -0.1) is 0 Å². The normalized spacial score (nSPS) is 19.9. The number of benzene rings is 1. The van der Waals surface area contributed by atoms with Gasteiger partial charge in [0.15, 0.2) is 0 Å². The van der Waals surface area contributed by atoms with E-state index < -0.39 is 0 Å². The number of nitrogens with one attached hydrogen (secondary N) is 1. The summed E-state index contributed by atoms with van der Waals surface area (Å²) in [6.07, 6.45) is 2.91. The number of nitrogens with two attached hydrogens (primary N) is 1. The van der Waals surface area contributed by atoms with E-state index in [1.54, 1.807) is 6.92 Å². The van der Waals surface area contributed by atoms with Crippen LogP contribution in [0, 0.1) is 0 Å². The second-order valence-electron chi connectivity index (χ2n) is 8.31. The summed E-state index contributed by atoms with van der Waals surface area (Å²) in [4.78, 5) is 34.9. The molecule has 3 heterocycles. The summed E-state index contributed by atoms with van der Waals surface area (Å²) < 4.78 is 0. The summed E-state index contributed by atoms with van der Waals surface area (Å²) in [7, 11) is 0. The fourth-order valence-corrected chi connectivity index (χ4v) is 4.59. The van der Waals surface area contributed by atoms with Crippen molar-refractivity contribution < 1.29 is 9.59 Å². The molecule has 9 heteroatoms. The smallest absolute Gasteiger partial charge is 0.317 e. The summed E-state index contributed by atoms with van der Waals surface area (Å²) in [5, 5.41) is 4.77. The molecule has 2 saturated heterocycles. The quantitative estimate of drug-likeness (QED) is 0.742. The van der Waals surface area contributed by atoms with Crippen molar-refractivity contribution in [2.45, 2.75) is 32.2 Å². The van der Waals surface area contributed by atoms with Crippen LogP contribution < -0.4 is 16.0 Å². The highest BCUT2D eigenvalue weighted by Gasteiger charge is 2.26. The van der Waals surface area contributed by atoms with Crippen LogP contribution in [0.3, 0.4) is 0 Å². The molecule has 166 valence electrons. The number of piperazine rings is 1. The topological polar surface area (TPSA) is 94.8 Å². The standard InChI is InChI=1S/C22H29ClN6O2/c1-15(30)29-7-3-2-4-17(14-29)25-22(31)28-10-8-27(9-11-28)20-13-21(24)26-19-12-16(23)5-6-18(19)20/h5-6,12-13,17H,2-4,7-11,14H2,1H3,(H2,24,26)(H,25,31)/t17-/m0/s1. The summed E-state index contributed by atoms with van der Waals surface area (Å²) >= 11 is 6.11. The molecular weight excluding hydrogens is 416 g/mol. The van der Waals surface area contributed by atoms with Crippen molar-refractivity contribution in [1.29, 1.82) is 0 Å². The Kier molecular flexibility index (Phi) is 6.36. The van der Waals surface area contributed by atoms with Gasteiger partial charge in [-0.2, -0.15) is 0 Å². The van der Waals surface area contributed by atoms with Crippen LogP contribution >= 0.6 is 11.6 Å². The van der Waals surface area contributed by atoms with Gasteiger partial charge in [0.1, 0.15) is 5.82 Å². The molecular formula is C22H29ClN6O2. The number of likely N-dealkylation sites (tertiary alicyclic amines) is 1. The van der Waals surface area contributed by atoms with Crippen LogP contribution in [0.4, 0.5) is 16.3 Å². The first-order valence-electron chi connectivity index (χ1n) is 10.8. The van der Waals surface area contributed by atoms with Crippen LogP contribution in [0.2, 0.25) is 5.02 Å². The lowest BCUT2D eigenvalue weighted by Crippen LogP contribution is -2.55. The largest absolute Gasteiger partial charge is 0.384 e. The number of hydrogen-bond donors (Lipinski definition) is 2. The van der Waals surface area contributed by atoms with Gasteiger partial charge in [0, 0.05) is 74.4 Å². The van der Waals surface area contributed by atoms with Gasteiger partial charge < -0.3 is 25.8 Å². The van der Waals surface area contributed by atoms with Crippen LogP contribution in [0.25, 0.3) is 10.9 Å². The Bertz CT molecular complexity index is 971. The van der Waals surface area contributed by atoms with E-state index in [0.717, 1.165) is 42.4 Å². The zero-order valence-electron chi connectivity index (χ0n) is 17.8. The molecule has 0 aliphatic carbocycles. The fourth-order valence-electron chi connectivity index (χ4n) is 4.43. The molecule has 0 spiro atoms. The van der Waals surface area contributed by atoms with Gasteiger partial charge in [-0.25, -0.2) is 9.78 Å². The van der Waals surface area contributed by atoms with E-state index in [4.69, 9.17) is 17.3 Å². The lowest BCUT2D eigenvalue weighted by molar-refractivity contribution is -0.129. The minimum atomic E-state index is -0.0547. The maximum Gasteiger partial charge on any atom is 0.317 e. The Morgan fingerprint density at radius 2 is 1.87 bits per heavy atom. The minimum Gasteiger partial charge on any atom is -0.384 e. The number of pyridine rings is 1. The lowest BCUT2D eigenvalue weighted by atomic mass is 10.1. The van der Waals surface area contributed by atoms with Crippen molar-refractivity contribution in [1.82, 2.24) is 20.1 Å². The number of hydrogen-bond acceptors (Lipinski definition) is 5. The van der Waals surface area contributed by atoms with Crippen LogP contribution in [0.5, 0.6) is 0 Å². The molecule has 0 radical (unpaired) electrons. The van der Waals surface area contributed by atoms with Gasteiger partial charge in [-0.05, 0) is 37.5 Å². The molecule has 0 unspecified atom stereocenters. The Morgan fingerprint density at radius 3 is 2.61 bits per heavy atom. The molecule has 3 N–H and O–H groups in total. The van der Waals surface area contributed by atoms with Gasteiger partial charge in [0.05, 0.1) is 5.52 Å². The van der Waals surface area contributed by atoms with Crippen molar-refractivity contribution in [3.63, 3.8) is 0 Å². The molecule has 1 atom stereocenters. The number of carbonyl (C=O) groups excluding carboxylic acids is 2. The van der Waals surface area contributed by atoms with Crippen LogP contribution in [0.15, 0.2) is 24.3 Å². The maximum atomic E-state index is 12.9. The molecule has 0 saturated carbocycles. The Balaban J connectivity index is 1.39. The molecule has 4 rings (SSSR count). The van der Waals surface area contributed by atoms with Crippen LogP contribution in [-0.2, 0) is 4.79 Å². The van der Waals surface area contributed by atoms with E-state index in [9.17, 15) is 9.59 Å². The molecule has 2 aliphatic rings. The first-order chi connectivity index (χ1) is 14.9. The zero-order valence-corrected chi connectivity index (χ0v) is 18.6. The van der Waals surface area contributed by atoms with Crippen molar-refractivity contribution >= 4 is 45.9 Å². The third-order valence-electron chi connectivity index (χ3n) is 6.12. The van der Waals surface area contributed by atoms with Gasteiger partial charge >= 0.3 is 6.03 Å². The first-order valence-corrected chi connectivity index (χ1v) is 11.2. The predicted octanol–water partition coefficient (Wildman–Crippen LogP) is 2.70. The number of nitrogens with zero attached hydrogens (tertiary/aromatic N) is 4. The minimum absolute atomic E-state index is 0.00520. The monoisotopic (exact) mass is 444 g/mol. The zero-order chi connectivity index (χ0) is 22.0. The second kappa shape index (κ2) is 9.18. The molecule has 1 aromatic carbocycles. The average molecular weight is 445 g/mol. The maximum absolute atomic E-state index is 12.9. The number of nitrogen functional groups attached to an aromatic ring is 1. The predicted molar refractivity (Wildman–Crippen MR) is 123 cm³/mol. The van der Waals surface area contributed by atoms with Gasteiger partial charge in [-0.1, -0.05) is 11.6 Å². The van der Waals surface area contributed by atoms with Crippen molar-refractivity contribution in [2.24, 2.45) is 0 Å². The molecule has 0 bridgehead atoms. The van der Waals surface area contributed by atoms with Crippen LogP contribution in [-0.4, -0.2) is 72.0 Å². The number of fused-ring (bicyclic) bond motifs is 1. The van der Waals surface area contributed by atoms with E-state index in [1.807, 2.05) is 34.1 Å². The third-order valence-corrected chi connectivity index (χ3v) is 6.36. The number of halogens is 1. The Labute approximate surface area is 187 Å². The van der Waals surface area contributed by atoms with Crippen molar-refractivity contribution in [3.8, 4) is 0 Å². The Hall–Kier alpha value is -2.74. The van der Waals surface area contributed by atoms with Crippen molar-refractivity contribution in [2.75, 3.05) is 49.9 Å². The fraction of sp³-hybridized carbons (Fsp3) is 0.500. The van der Waals surface area contributed by atoms with E-state index in [0.29, 0.717) is 43.6 Å². The summed E-state index contributed by atoms with van der Waals surface area (Å²) in [5.41, 5.74) is 7.81. The van der Waals surface area contributed by atoms with Gasteiger partial charge in [0.2, 0.25) is 5.91 Å². The summed E-state index contributed by atoms with van der Waals surface area (Å²) in [6.45, 7) is 5.60. The van der Waals surface area contributed by atoms with Crippen molar-refractivity contribution in [3.05, 3.63) is 29.3 Å². The van der Waals surface area contributed by atoms with E-state index in [1.165, 1.54) is 0 Å². The van der Waals surface area contributed by atoms with Gasteiger partial charge in [0.25, 0.3) is 0 Å². The van der Waals surface area contributed by atoms with Crippen LogP contribution in [0.1, 0.15) is 26.2 Å².